The summed E-state index contributed by atoms with van der Waals surface area (Å²) >= 11 is 0. The van der Waals surface area contributed by atoms with Gasteiger partial charge in [-0.3, -0.25) is 4.90 Å². The standard InChI is InChI=1S/C26H39NO2/c1-23(2,3)29-22(28)27(25-9-16-4-17(10-25)6-18(5-16)11-25)26-12-19-7-21-20(14-26)13-24(21,8-19)15-26/h16-21H,4-15H2,1-3H3. The van der Waals surface area contributed by atoms with Gasteiger partial charge >= 0.3 is 6.09 Å². The van der Waals surface area contributed by atoms with Crippen LogP contribution in [0.2, 0.25) is 0 Å². The molecule has 9 rings (SSSR count). The predicted octanol–water partition coefficient (Wildman–Crippen LogP) is 6.16. The van der Waals surface area contributed by atoms with E-state index in [0.29, 0.717) is 5.41 Å². The van der Waals surface area contributed by atoms with Crippen LogP contribution in [0.5, 0.6) is 0 Å². The van der Waals surface area contributed by atoms with Crippen molar-refractivity contribution in [1.29, 1.82) is 0 Å². The first-order valence-corrected chi connectivity index (χ1v) is 12.7. The molecule has 0 aromatic rings. The Labute approximate surface area is 176 Å². The van der Waals surface area contributed by atoms with Gasteiger partial charge in [0.25, 0.3) is 0 Å². The maximum atomic E-state index is 14.0. The molecule has 9 fully saturated rings. The lowest BCUT2D eigenvalue weighted by molar-refractivity contribution is -0.198. The van der Waals surface area contributed by atoms with Gasteiger partial charge in [0.1, 0.15) is 5.60 Å². The fourth-order valence-corrected chi connectivity index (χ4v) is 11.2. The second-order valence-corrected chi connectivity index (χ2v) is 14.0. The van der Waals surface area contributed by atoms with E-state index in [0.717, 1.165) is 35.5 Å². The molecule has 9 saturated carbocycles. The van der Waals surface area contributed by atoms with Crippen molar-refractivity contribution in [2.45, 2.75) is 114 Å². The van der Waals surface area contributed by atoms with Crippen LogP contribution in [0.1, 0.15) is 97.8 Å². The van der Waals surface area contributed by atoms with E-state index in [1.54, 1.807) is 0 Å². The number of hydrogen-bond donors (Lipinski definition) is 0. The number of carbonyl (C=O) groups excluding carboxylic acids is 1. The molecule has 3 heteroatoms. The SMILES string of the molecule is CC(C)(C)OC(=O)N(C12CC3CC(CC(C3)C1)C2)C12CC3CC4C(CC4(C3)C1)C2. The quantitative estimate of drug-likeness (QED) is 0.558. The van der Waals surface area contributed by atoms with Crippen LogP contribution in [0, 0.1) is 40.9 Å². The summed E-state index contributed by atoms with van der Waals surface area (Å²) in [7, 11) is 0. The summed E-state index contributed by atoms with van der Waals surface area (Å²) in [6, 6.07) is 0. The molecule has 8 bridgehead atoms. The minimum Gasteiger partial charge on any atom is -0.444 e. The molecule has 0 aromatic heterocycles. The summed E-state index contributed by atoms with van der Waals surface area (Å²) in [4.78, 5) is 16.5. The molecule has 0 radical (unpaired) electrons. The van der Waals surface area contributed by atoms with E-state index in [4.69, 9.17) is 4.74 Å². The van der Waals surface area contributed by atoms with Gasteiger partial charge in [-0.15, -0.1) is 0 Å². The lowest BCUT2D eigenvalue weighted by Crippen LogP contribution is -2.73. The van der Waals surface area contributed by atoms with Crippen LogP contribution in [-0.4, -0.2) is 27.7 Å². The van der Waals surface area contributed by atoms with Gasteiger partial charge in [0.05, 0.1) is 0 Å². The molecule has 0 aromatic carbocycles. The van der Waals surface area contributed by atoms with Crippen molar-refractivity contribution in [3.8, 4) is 0 Å². The maximum absolute atomic E-state index is 14.0. The van der Waals surface area contributed by atoms with E-state index < -0.39 is 5.60 Å². The molecule has 1 spiro atoms. The van der Waals surface area contributed by atoms with Crippen LogP contribution < -0.4 is 0 Å². The Morgan fingerprint density at radius 2 is 1.41 bits per heavy atom. The zero-order valence-electron chi connectivity index (χ0n) is 18.7. The third-order valence-electron chi connectivity index (χ3n) is 10.8. The Balaban J connectivity index is 1.32. The summed E-state index contributed by atoms with van der Waals surface area (Å²) < 4.78 is 6.21. The van der Waals surface area contributed by atoms with Crippen molar-refractivity contribution in [3.05, 3.63) is 0 Å². The van der Waals surface area contributed by atoms with Gasteiger partial charge in [-0.05, 0) is 139 Å². The molecule has 1 amide bonds. The topological polar surface area (TPSA) is 29.5 Å². The van der Waals surface area contributed by atoms with Gasteiger partial charge in [0.2, 0.25) is 0 Å². The van der Waals surface area contributed by atoms with Crippen molar-refractivity contribution >= 4 is 6.09 Å². The van der Waals surface area contributed by atoms with Crippen molar-refractivity contribution in [1.82, 2.24) is 4.90 Å². The number of nitrogens with zero attached hydrogens (tertiary/aromatic N) is 1. The third-order valence-corrected chi connectivity index (χ3v) is 10.8. The Kier molecular flexibility index (Phi) is 3.20. The Bertz CT molecular complexity index is 726. The molecule has 0 saturated heterocycles. The fraction of sp³-hybridized carbons (Fsp3) is 0.962. The highest BCUT2D eigenvalue weighted by Gasteiger charge is 2.73. The fourth-order valence-electron chi connectivity index (χ4n) is 11.2. The van der Waals surface area contributed by atoms with Gasteiger partial charge in [0.15, 0.2) is 0 Å². The van der Waals surface area contributed by atoms with Crippen LogP contribution in [0.15, 0.2) is 0 Å². The van der Waals surface area contributed by atoms with E-state index in [2.05, 4.69) is 25.7 Å². The van der Waals surface area contributed by atoms with Crippen LogP contribution in [0.4, 0.5) is 4.79 Å². The number of fused-ring (bicyclic) bond motifs is 1. The minimum atomic E-state index is -0.402. The second-order valence-electron chi connectivity index (χ2n) is 14.0. The third kappa shape index (κ3) is 2.29. The first-order chi connectivity index (χ1) is 13.7. The molecule has 5 atom stereocenters. The first-order valence-electron chi connectivity index (χ1n) is 12.7. The molecule has 29 heavy (non-hydrogen) atoms. The Morgan fingerprint density at radius 1 is 0.793 bits per heavy atom. The monoisotopic (exact) mass is 397 g/mol. The highest BCUT2D eigenvalue weighted by molar-refractivity contribution is 5.71. The molecule has 0 aliphatic heterocycles. The van der Waals surface area contributed by atoms with Crippen LogP contribution in [0.3, 0.4) is 0 Å². The normalized spacial score (nSPS) is 55.7. The maximum Gasteiger partial charge on any atom is 0.411 e. The number of hydrogen-bond acceptors (Lipinski definition) is 2. The average Bonchev–Trinajstić information content (AvgIpc) is 2.70. The number of amides is 1. The summed E-state index contributed by atoms with van der Waals surface area (Å²) in [5.41, 5.74) is 0.436. The number of rotatable bonds is 2. The molecule has 9 aliphatic rings. The van der Waals surface area contributed by atoms with Gasteiger partial charge in [-0.25, -0.2) is 4.79 Å². The summed E-state index contributed by atoms with van der Waals surface area (Å²) in [6.45, 7) is 6.16. The van der Waals surface area contributed by atoms with Crippen LogP contribution in [-0.2, 0) is 4.74 Å². The molecule has 3 nitrogen and oxygen atoms in total. The molecule has 160 valence electrons. The summed E-state index contributed by atoms with van der Waals surface area (Å²) in [6.07, 6.45) is 16.5. The second kappa shape index (κ2) is 5.18. The molecule has 5 unspecified atom stereocenters. The van der Waals surface area contributed by atoms with Gasteiger partial charge in [-0.1, -0.05) is 0 Å². The lowest BCUT2D eigenvalue weighted by atomic mass is 9.42. The zero-order valence-corrected chi connectivity index (χ0v) is 18.7. The molecule has 0 heterocycles. The predicted molar refractivity (Wildman–Crippen MR) is 112 cm³/mol. The van der Waals surface area contributed by atoms with Crippen molar-refractivity contribution in [3.63, 3.8) is 0 Å². The molecular weight excluding hydrogens is 358 g/mol. The zero-order chi connectivity index (χ0) is 19.8. The molecular formula is C26H39NO2. The Hall–Kier alpha value is -0.730. The number of carbonyl (C=O) groups is 1. The van der Waals surface area contributed by atoms with Crippen LogP contribution in [0.25, 0.3) is 0 Å². The summed E-state index contributed by atoms with van der Waals surface area (Å²) in [5.74, 6) is 5.38. The van der Waals surface area contributed by atoms with E-state index in [1.165, 1.54) is 77.0 Å². The van der Waals surface area contributed by atoms with Crippen LogP contribution >= 0.6 is 0 Å². The van der Waals surface area contributed by atoms with E-state index in [-0.39, 0.29) is 17.2 Å². The number of ether oxygens (including phenoxy) is 1. The van der Waals surface area contributed by atoms with Crippen molar-refractivity contribution < 1.29 is 9.53 Å². The largest absolute Gasteiger partial charge is 0.444 e. The summed E-state index contributed by atoms with van der Waals surface area (Å²) in [5, 5.41) is 0. The van der Waals surface area contributed by atoms with Crippen molar-refractivity contribution in [2.75, 3.05) is 0 Å². The Morgan fingerprint density at radius 3 is 2.03 bits per heavy atom. The first kappa shape index (κ1) is 17.9. The van der Waals surface area contributed by atoms with E-state index >= 15 is 0 Å². The molecule has 9 aliphatic carbocycles. The minimum absolute atomic E-state index is 0.0509. The smallest absolute Gasteiger partial charge is 0.411 e. The van der Waals surface area contributed by atoms with Gasteiger partial charge in [-0.2, -0.15) is 0 Å². The average molecular weight is 398 g/mol. The van der Waals surface area contributed by atoms with Gasteiger partial charge < -0.3 is 4.74 Å². The highest BCUT2D eigenvalue weighted by Crippen LogP contribution is 2.77. The highest BCUT2D eigenvalue weighted by atomic mass is 16.6. The van der Waals surface area contributed by atoms with Gasteiger partial charge in [0, 0.05) is 11.1 Å². The molecule has 0 N–H and O–H groups in total. The van der Waals surface area contributed by atoms with E-state index in [9.17, 15) is 4.79 Å². The van der Waals surface area contributed by atoms with Crippen molar-refractivity contribution in [2.24, 2.45) is 40.9 Å². The lowest BCUT2D eigenvalue weighted by Gasteiger charge is -2.71. The van der Waals surface area contributed by atoms with E-state index in [1.807, 2.05) is 0 Å².